The third-order valence-corrected chi connectivity index (χ3v) is 9.71. The van der Waals surface area contributed by atoms with Crippen molar-refractivity contribution in [2.45, 2.75) is 40.5 Å². The van der Waals surface area contributed by atoms with Crippen molar-refractivity contribution in [3.63, 3.8) is 0 Å². The summed E-state index contributed by atoms with van der Waals surface area (Å²) in [5.41, 5.74) is 8.07. The lowest BCUT2D eigenvalue weighted by atomic mass is 9.76. The molecule has 11 heteroatoms. The molecule has 1 unspecified atom stereocenters. The third-order valence-electron chi connectivity index (χ3n) is 6.83. The molecule has 2 aromatic carbocycles. The summed E-state index contributed by atoms with van der Waals surface area (Å²) in [6, 6.07) is 7.74. The highest BCUT2D eigenvalue weighted by Crippen LogP contribution is 2.46. The van der Waals surface area contributed by atoms with E-state index >= 15 is 0 Å². The van der Waals surface area contributed by atoms with E-state index in [1.807, 2.05) is 0 Å². The molecular formula is C24H24ClF2N5OS2. The number of fused-ring (bicyclic) bond motifs is 1. The second-order valence-electron chi connectivity index (χ2n) is 9.31. The number of benzene rings is 2. The molecule has 35 heavy (non-hydrogen) atoms. The lowest BCUT2D eigenvalue weighted by molar-refractivity contribution is 0.232. The minimum Gasteiger partial charge on any atom is -0.381 e. The largest absolute Gasteiger partial charge is 0.381 e. The van der Waals surface area contributed by atoms with Gasteiger partial charge in [-0.1, -0.05) is 29.4 Å². The minimum atomic E-state index is -2.97. The molecule has 0 saturated carbocycles. The van der Waals surface area contributed by atoms with Gasteiger partial charge in [-0.15, -0.1) is 0 Å². The molecule has 0 bridgehead atoms. The van der Waals surface area contributed by atoms with Crippen molar-refractivity contribution in [1.29, 1.82) is 4.78 Å². The number of nitrogens with zero attached hydrogens (tertiary/aromatic N) is 3. The number of aromatic nitrogens is 2. The molecule has 1 aromatic heterocycles. The Balaban J connectivity index is 1.28. The molecule has 1 saturated heterocycles. The van der Waals surface area contributed by atoms with Gasteiger partial charge in [-0.2, -0.15) is 0 Å². The van der Waals surface area contributed by atoms with Crippen LogP contribution in [-0.4, -0.2) is 33.5 Å². The third kappa shape index (κ3) is 4.71. The van der Waals surface area contributed by atoms with Gasteiger partial charge in [-0.25, -0.2) is 27.7 Å². The Morgan fingerprint density at radius 2 is 1.80 bits per heavy atom. The van der Waals surface area contributed by atoms with Crippen molar-refractivity contribution >= 4 is 44.7 Å². The number of nitrogens with one attached hydrogen (secondary N) is 1. The van der Waals surface area contributed by atoms with Crippen LogP contribution < -0.4 is 10.6 Å². The molecule has 1 spiro atoms. The number of hydrogen-bond donors (Lipinski definition) is 2. The molecule has 6 nitrogen and oxygen atoms in total. The average Bonchev–Trinajstić information content (AvgIpc) is 3.12. The summed E-state index contributed by atoms with van der Waals surface area (Å²) in [6.07, 6.45) is 6.30. The highest BCUT2D eigenvalue weighted by atomic mass is 35.5. The number of nitrogen functional groups attached to an aromatic ring is 1. The molecule has 0 radical (unpaired) electrons. The summed E-state index contributed by atoms with van der Waals surface area (Å²) in [7, 11) is -2.97. The van der Waals surface area contributed by atoms with Gasteiger partial charge in [0.2, 0.25) is 0 Å². The van der Waals surface area contributed by atoms with Crippen LogP contribution in [0, 0.1) is 21.8 Å². The van der Waals surface area contributed by atoms with Gasteiger partial charge in [-0.3, -0.25) is 0 Å². The predicted molar refractivity (Wildman–Crippen MR) is 135 cm³/mol. The average molecular weight is 536 g/mol. The van der Waals surface area contributed by atoms with E-state index in [9.17, 15) is 13.0 Å². The summed E-state index contributed by atoms with van der Waals surface area (Å²) < 4.78 is 47.4. The van der Waals surface area contributed by atoms with E-state index in [-0.39, 0.29) is 21.2 Å². The summed E-state index contributed by atoms with van der Waals surface area (Å²) in [5.74, 6) is -0.621. The Kier molecular flexibility index (Phi) is 6.17. The van der Waals surface area contributed by atoms with Gasteiger partial charge in [0.1, 0.15) is 10.8 Å². The Bertz CT molecular complexity index is 1390. The number of piperidine rings is 1. The van der Waals surface area contributed by atoms with Crippen molar-refractivity contribution in [3.8, 4) is 0 Å². The highest BCUT2D eigenvalue weighted by Gasteiger charge is 2.40. The summed E-state index contributed by atoms with van der Waals surface area (Å²) in [4.78, 5) is 12.1. The van der Waals surface area contributed by atoms with Crippen molar-refractivity contribution in [2.75, 3.05) is 30.0 Å². The zero-order valence-corrected chi connectivity index (χ0v) is 21.4. The number of rotatable bonds is 4. The van der Waals surface area contributed by atoms with Crippen LogP contribution in [0.5, 0.6) is 0 Å². The van der Waals surface area contributed by atoms with Crippen LogP contribution in [0.1, 0.15) is 24.0 Å². The molecule has 2 heterocycles. The van der Waals surface area contributed by atoms with E-state index in [1.54, 1.807) is 24.4 Å². The van der Waals surface area contributed by atoms with E-state index in [4.69, 9.17) is 22.1 Å². The van der Waals surface area contributed by atoms with Crippen LogP contribution in [0.4, 0.5) is 20.4 Å². The fraction of sp³-hybridized carbons (Fsp3) is 0.333. The molecule has 184 valence electrons. The van der Waals surface area contributed by atoms with E-state index in [2.05, 4.69) is 14.9 Å². The normalized spacial score (nSPS) is 18.5. The van der Waals surface area contributed by atoms with Crippen LogP contribution >= 0.6 is 23.4 Å². The van der Waals surface area contributed by atoms with Crippen LogP contribution in [0.3, 0.4) is 0 Å². The molecule has 1 aliphatic carbocycles. The molecule has 5 rings (SSSR count). The highest BCUT2D eigenvalue weighted by molar-refractivity contribution is 7.99. The Morgan fingerprint density at radius 1 is 1.17 bits per heavy atom. The second-order valence-corrected chi connectivity index (χ2v) is 12.8. The SMILES string of the molecule is CS(=N)(=O)c1cccc(Sc2ncc(N3CCC4(CC3)Cc3cc(F)c(F)cc3C4)nc2N)c1Cl. The fourth-order valence-corrected chi connectivity index (χ4v) is 7.33. The van der Waals surface area contributed by atoms with Crippen LogP contribution in [-0.2, 0) is 22.6 Å². The molecule has 2 aliphatic rings. The minimum absolute atomic E-state index is 0.0193. The zero-order valence-electron chi connectivity index (χ0n) is 19.0. The van der Waals surface area contributed by atoms with E-state index in [0.717, 1.165) is 49.9 Å². The predicted octanol–water partition coefficient (Wildman–Crippen LogP) is 5.56. The molecule has 1 aliphatic heterocycles. The maximum atomic E-state index is 13.7. The lowest BCUT2D eigenvalue weighted by Gasteiger charge is -2.39. The number of nitrogens with two attached hydrogens (primary N) is 1. The lowest BCUT2D eigenvalue weighted by Crippen LogP contribution is -2.41. The summed E-state index contributed by atoms with van der Waals surface area (Å²) in [6.45, 7) is 1.50. The first-order valence-corrected chi connectivity index (χ1v) is 14.3. The maximum Gasteiger partial charge on any atom is 0.159 e. The van der Waals surface area contributed by atoms with Gasteiger partial charge in [0.25, 0.3) is 0 Å². The summed E-state index contributed by atoms with van der Waals surface area (Å²) >= 11 is 7.62. The fourth-order valence-electron chi connectivity index (χ4n) is 4.98. The first-order valence-electron chi connectivity index (χ1n) is 11.1. The Morgan fingerprint density at radius 3 is 2.37 bits per heavy atom. The standard InChI is InChI=1S/C24H24ClF2N5OS2/c1-35(29,33)19-4-2-3-18(21(19)25)34-23-22(28)31-20(13-30-23)32-7-5-24(6-8-32)11-14-9-16(26)17(27)10-15(14)12-24/h2-4,9-10,13,29H,5-8,11-12H2,1H3,(H2,28,31). The molecule has 1 fully saturated rings. The van der Waals surface area contributed by atoms with E-state index in [0.29, 0.717) is 15.7 Å². The number of hydrogen-bond acceptors (Lipinski definition) is 7. The Hall–Kier alpha value is -2.43. The van der Waals surface area contributed by atoms with Gasteiger partial charge in [0.15, 0.2) is 17.5 Å². The van der Waals surface area contributed by atoms with Gasteiger partial charge < -0.3 is 10.6 Å². The molecule has 0 amide bonds. The van der Waals surface area contributed by atoms with E-state index in [1.165, 1.54) is 30.2 Å². The topological polar surface area (TPSA) is 96.0 Å². The first-order chi connectivity index (χ1) is 16.5. The van der Waals surface area contributed by atoms with Crippen LogP contribution in [0.15, 0.2) is 51.3 Å². The molecule has 1 atom stereocenters. The second kappa shape index (κ2) is 8.90. The maximum absolute atomic E-state index is 13.7. The van der Waals surface area contributed by atoms with Crippen molar-refractivity contribution < 1.29 is 13.0 Å². The van der Waals surface area contributed by atoms with Crippen molar-refractivity contribution in [1.82, 2.24) is 9.97 Å². The Labute approximate surface area is 212 Å². The van der Waals surface area contributed by atoms with Crippen LogP contribution in [0.2, 0.25) is 5.02 Å². The molecule has 3 N–H and O–H groups in total. The first kappa shape index (κ1) is 24.3. The van der Waals surface area contributed by atoms with Crippen LogP contribution in [0.25, 0.3) is 0 Å². The zero-order chi connectivity index (χ0) is 25.0. The van der Waals surface area contributed by atoms with Gasteiger partial charge in [0.05, 0.1) is 25.8 Å². The van der Waals surface area contributed by atoms with Gasteiger partial charge in [0, 0.05) is 24.2 Å². The quantitative estimate of drug-likeness (QED) is 0.454. The molecular weight excluding hydrogens is 512 g/mol. The number of halogens is 3. The summed E-state index contributed by atoms with van der Waals surface area (Å²) in [5, 5.41) is 0.730. The monoisotopic (exact) mass is 535 g/mol. The van der Waals surface area contributed by atoms with E-state index < -0.39 is 21.4 Å². The van der Waals surface area contributed by atoms with Gasteiger partial charge in [-0.05, 0) is 66.5 Å². The number of anilines is 2. The van der Waals surface area contributed by atoms with Crippen molar-refractivity contribution in [2.24, 2.45) is 5.41 Å². The van der Waals surface area contributed by atoms with Gasteiger partial charge >= 0.3 is 0 Å². The molecule has 3 aromatic rings. The van der Waals surface area contributed by atoms with Crippen molar-refractivity contribution in [3.05, 3.63) is 64.3 Å². The smallest absolute Gasteiger partial charge is 0.159 e.